The summed E-state index contributed by atoms with van der Waals surface area (Å²) in [6.07, 6.45) is 0.433. The van der Waals surface area contributed by atoms with Crippen molar-refractivity contribution in [2.45, 2.75) is 26.7 Å². The summed E-state index contributed by atoms with van der Waals surface area (Å²) in [5, 5.41) is 18.3. The van der Waals surface area contributed by atoms with Gasteiger partial charge < -0.3 is 14.6 Å². The van der Waals surface area contributed by atoms with E-state index in [0.29, 0.717) is 6.42 Å². The standard InChI is InChI=1S/C10H12O5/c1-3-5(11)7-8(9(12)13)6(4-2)15-10(7)14/h14H,3-4H2,1-2H3,(H,12,13). The predicted molar refractivity (Wildman–Crippen MR) is 51.3 cm³/mol. The number of ketones is 1. The van der Waals surface area contributed by atoms with Gasteiger partial charge in [-0.15, -0.1) is 0 Å². The molecule has 2 N–H and O–H groups in total. The van der Waals surface area contributed by atoms with E-state index in [9.17, 15) is 14.7 Å². The summed E-state index contributed by atoms with van der Waals surface area (Å²) >= 11 is 0. The van der Waals surface area contributed by atoms with E-state index in [1.54, 1.807) is 13.8 Å². The van der Waals surface area contributed by atoms with Crippen molar-refractivity contribution in [2.24, 2.45) is 0 Å². The first-order valence-electron chi connectivity index (χ1n) is 4.64. The van der Waals surface area contributed by atoms with E-state index in [2.05, 4.69) is 0 Å². The van der Waals surface area contributed by atoms with Crippen molar-refractivity contribution in [2.75, 3.05) is 0 Å². The van der Waals surface area contributed by atoms with E-state index in [-0.39, 0.29) is 23.3 Å². The lowest BCUT2D eigenvalue weighted by Crippen LogP contribution is -2.07. The minimum Gasteiger partial charge on any atom is -0.480 e. The van der Waals surface area contributed by atoms with Crippen LogP contribution < -0.4 is 0 Å². The van der Waals surface area contributed by atoms with Crippen LogP contribution in [-0.2, 0) is 6.42 Å². The van der Waals surface area contributed by atoms with Crippen LogP contribution in [0.3, 0.4) is 0 Å². The smallest absolute Gasteiger partial charge is 0.340 e. The fourth-order valence-electron chi connectivity index (χ4n) is 1.38. The number of aromatic carboxylic acids is 1. The summed E-state index contributed by atoms with van der Waals surface area (Å²) in [5.41, 5.74) is -0.441. The van der Waals surface area contributed by atoms with Crippen LogP contribution in [-0.4, -0.2) is 22.0 Å². The average Bonchev–Trinajstić information content (AvgIpc) is 2.54. The fraction of sp³-hybridized carbons (Fsp3) is 0.400. The molecule has 0 aliphatic rings. The zero-order valence-electron chi connectivity index (χ0n) is 8.53. The first-order chi connectivity index (χ1) is 7.02. The Balaban J connectivity index is 3.41. The summed E-state index contributed by atoms with van der Waals surface area (Å²) in [6, 6.07) is 0. The molecule has 0 aliphatic heterocycles. The van der Waals surface area contributed by atoms with Gasteiger partial charge >= 0.3 is 5.97 Å². The number of hydrogen-bond donors (Lipinski definition) is 2. The summed E-state index contributed by atoms with van der Waals surface area (Å²) < 4.78 is 4.83. The maximum atomic E-state index is 11.4. The van der Waals surface area contributed by atoms with Gasteiger partial charge in [0.1, 0.15) is 16.9 Å². The van der Waals surface area contributed by atoms with Gasteiger partial charge in [-0.25, -0.2) is 4.79 Å². The van der Waals surface area contributed by atoms with Gasteiger partial charge in [0.25, 0.3) is 5.95 Å². The molecule has 1 aromatic rings. The largest absolute Gasteiger partial charge is 0.480 e. The number of aromatic hydroxyl groups is 1. The van der Waals surface area contributed by atoms with E-state index in [1.807, 2.05) is 0 Å². The molecule has 0 amide bonds. The van der Waals surface area contributed by atoms with E-state index in [4.69, 9.17) is 9.52 Å². The van der Waals surface area contributed by atoms with Crippen molar-refractivity contribution in [1.29, 1.82) is 0 Å². The minimum atomic E-state index is -1.26. The van der Waals surface area contributed by atoms with Crippen molar-refractivity contribution in [3.8, 4) is 5.95 Å². The molecule has 0 fully saturated rings. The highest BCUT2D eigenvalue weighted by atomic mass is 16.5. The highest BCUT2D eigenvalue weighted by Crippen LogP contribution is 2.29. The van der Waals surface area contributed by atoms with Crippen molar-refractivity contribution in [3.63, 3.8) is 0 Å². The zero-order valence-corrected chi connectivity index (χ0v) is 8.53. The summed E-state index contributed by atoms with van der Waals surface area (Å²) in [6.45, 7) is 3.27. The van der Waals surface area contributed by atoms with E-state index in [0.717, 1.165) is 0 Å². The molecule has 0 saturated carbocycles. The van der Waals surface area contributed by atoms with Crippen molar-refractivity contribution >= 4 is 11.8 Å². The minimum absolute atomic E-state index is 0.122. The lowest BCUT2D eigenvalue weighted by Gasteiger charge is -1.96. The number of carbonyl (C=O) groups excluding carboxylic acids is 1. The molecule has 0 radical (unpaired) electrons. The van der Waals surface area contributed by atoms with Gasteiger partial charge in [-0.2, -0.15) is 0 Å². The molecule has 0 aliphatic carbocycles. The molecule has 0 unspecified atom stereocenters. The van der Waals surface area contributed by atoms with Gasteiger partial charge in [-0.1, -0.05) is 13.8 Å². The second-order valence-electron chi connectivity index (χ2n) is 3.02. The second kappa shape index (κ2) is 4.16. The van der Waals surface area contributed by atoms with Gasteiger partial charge in [-0.05, 0) is 0 Å². The number of furan rings is 1. The van der Waals surface area contributed by atoms with Crippen LogP contribution in [0.15, 0.2) is 4.42 Å². The first-order valence-corrected chi connectivity index (χ1v) is 4.64. The molecule has 0 bridgehead atoms. The van der Waals surface area contributed by atoms with E-state index in [1.165, 1.54) is 0 Å². The average molecular weight is 212 g/mol. The predicted octanol–water partition coefficient (Wildman–Crippen LogP) is 1.84. The lowest BCUT2D eigenvalue weighted by atomic mass is 10.0. The van der Waals surface area contributed by atoms with Crippen LogP contribution in [0, 0.1) is 0 Å². The van der Waals surface area contributed by atoms with E-state index >= 15 is 0 Å². The third-order valence-corrected chi connectivity index (χ3v) is 2.10. The Morgan fingerprint density at radius 2 is 1.87 bits per heavy atom. The number of rotatable bonds is 4. The monoisotopic (exact) mass is 212 g/mol. The zero-order chi connectivity index (χ0) is 11.6. The molecule has 0 atom stereocenters. The Kier molecular flexibility index (Phi) is 3.14. The molecule has 82 valence electrons. The quantitative estimate of drug-likeness (QED) is 0.743. The number of carbonyl (C=O) groups is 2. The molecule has 0 spiro atoms. The fourth-order valence-corrected chi connectivity index (χ4v) is 1.38. The number of carboxylic acid groups (broad SMARTS) is 1. The van der Waals surface area contributed by atoms with Gasteiger partial charge in [0, 0.05) is 12.8 Å². The topological polar surface area (TPSA) is 87.7 Å². The molecule has 5 heteroatoms. The molecule has 1 aromatic heterocycles. The summed E-state index contributed by atoms with van der Waals surface area (Å²) in [5.74, 6) is -2.17. The number of Topliss-reactive ketones (excluding diaryl/α,β-unsaturated/α-hetero) is 1. The Bertz CT molecular complexity index is 402. The lowest BCUT2D eigenvalue weighted by molar-refractivity contribution is 0.0690. The highest BCUT2D eigenvalue weighted by molar-refractivity contribution is 6.07. The van der Waals surface area contributed by atoms with Crippen molar-refractivity contribution in [3.05, 3.63) is 16.9 Å². The molecule has 5 nitrogen and oxygen atoms in total. The summed E-state index contributed by atoms with van der Waals surface area (Å²) in [4.78, 5) is 22.3. The molecule has 0 saturated heterocycles. The highest BCUT2D eigenvalue weighted by Gasteiger charge is 2.28. The molecule has 15 heavy (non-hydrogen) atoms. The number of carboxylic acids is 1. The van der Waals surface area contributed by atoms with Gasteiger partial charge in [0.15, 0.2) is 5.78 Å². The van der Waals surface area contributed by atoms with Gasteiger partial charge in [0.05, 0.1) is 0 Å². The van der Waals surface area contributed by atoms with Crippen LogP contribution in [0.25, 0.3) is 0 Å². The number of hydrogen-bond acceptors (Lipinski definition) is 4. The summed E-state index contributed by atoms with van der Waals surface area (Å²) in [7, 11) is 0. The molecular formula is C10H12O5. The molecule has 1 heterocycles. The normalized spacial score (nSPS) is 10.3. The van der Waals surface area contributed by atoms with Gasteiger partial charge in [-0.3, -0.25) is 4.79 Å². The third-order valence-electron chi connectivity index (χ3n) is 2.10. The maximum Gasteiger partial charge on any atom is 0.340 e. The Morgan fingerprint density at radius 3 is 2.27 bits per heavy atom. The Hall–Kier alpha value is -1.78. The Labute approximate surface area is 86.3 Å². The molecular weight excluding hydrogens is 200 g/mol. The van der Waals surface area contributed by atoms with Crippen LogP contribution in [0.2, 0.25) is 0 Å². The molecule has 0 aromatic carbocycles. The van der Waals surface area contributed by atoms with E-state index < -0.39 is 17.7 Å². The van der Waals surface area contributed by atoms with Crippen molar-refractivity contribution < 1.29 is 24.2 Å². The third kappa shape index (κ3) is 1.86. The van der Waals surface area contributed by atoms with Crippen LogP contribution in [0.5, 0.6) is 5.95 Å². The first kappa shape index (κ1) is 11.3. The van der Waals surface area contributed by atoms with Crippen LogP contribution in [0.4, 0.5) is 0 Å². The SMILES string of the molecule is CCC(=O)c1c(O)oc(CC)c1C(=O)O. The van der Waals surface area contributed by atoms with Gasteiger partial charge in [0.2, 0.25) is 0 Å². The number of aryl methyl sites for hydroxylation is 1. The molecule has 1 rings (SSSR count). The Morgan fingerprint density at radius 1 is 1.27 bits per heavy atom. The van der Waals surface area contributed by atoms with Crippen LogP contribution in [0.1, 0.15) is 46.7 Å². The maximum absolute atomic E-state index is 11.4. The van der Waals surface area contributed by atoms with Crippen molar-refractivity contribution in [1.82, 2.24) is 0 Å². The second-order valence-corrected chi connectivity index (χ2v) is 3.02. The van der Waals surface area contributed by atoms with Crippen LogP contribution >= 0.6 is 0 Å².